The van der Waals surface area contributed by atoms with Gasteiger partial charge in [0.1, 0.15) is 11.6 Å². The minimum Gasteiger partial charge on any atom is -0.493 e. The number of carbonyl (C=O) groups excluding carboxylic acids is 2. The Hall–Kier alpha value is -4.76. The first-order valence-electron chi connectivity index (χ1n) is 13.4. The lowest BCUT2D eigenvalue weighted by atomic mass is 10.0. The summed E-state index contributed by atoms with van der Waals surface area (Å²) in [6, 6.07) is 22.2. The number of halogens is 2. The van der Waals surface area contributed by atoms with E-state index in [1.54, 1.807) is 72.8 Å². The van der Waals surface area contributed by atoms with E-state index in [0.717, 1.165) is 0 Å². The second kappa shape index (κ2) is 13.5. The number of nitrogens with one attached hydrogen (secondary N) is 3. The van der Waals surface area contributed by atoms with E-state index in [9.17, 15) is 9.59 Å². The third-order valence-corrected chi connectivity index (χ3v) is 6.47. The van der Waals surface area contributed by atoms with E-state index in [4.69, 9.17) is 25.8 Å². The van der Waals surface area contributed by atoms with Crippen molar-refractivity contribution in [3.05, 3.63) is 112 Å². The summed E-state index contributed by atoms with van der Waals surface area (Å²) in [5, 5.41) is 8.92. The van der Waals surface area contributed by atoms with Crippen LogP contribution < -0.4 is 30.2 Å². The number of anilines is 2. The summed E-state index contributed by atoms with van der Waals surface area (Å²) in [6.45, 7) is 5.54. The zero-order valence-electron chi connectivity index (χ0n) is 24.5. The molecule has 0 aliphatic rings. The molecule has 0 radical (unpaired) electrons. The van der Waals surface area contributed by atoms with E-state index >= 15 is 4.39 Å². The highest BCUT2D eigenvalue weighted by Crippen LogP contribution is 2.34. The van der Waals surface area contributed by atoms with Gasteiger partial charge in [0.2, 0.25) is 0 Å². The van der Waals surface area contributed by atoms with Crippen LogP contribution in [0.25, 0.3) is 0 Å². The molecule has 0 aliphatic heterocycles. The van der Waals surface area contributed by atoms with Crippen LogP contribution >= 0.6 is 11.6 Å². The van der Waals surface area contributed by atoms with Crippen molar-refractivity contribution in [2.45, 2.75) is 32.4 Å². The first-order valence-corrected chi connectivity index (χ1v) is 13.8. The zero-order chi connectivity index (χ0) is 31.1. The molecule has 0 aliphatic carbocycles. The van der Waals surface area contributed by atoms with E-state index < -0.39 is 29.4 Å². The summed E-state index contributed by atoms with van der Waals surface area (Å²) in [7, 11) is 3.02. The molecule has 43 heavy (non-hydrogen) atoms. The first kappa shape index (κ1) is 31.2. The molecular formula is C33H33ClFN3O5. The van der Waals surface area contributed by atoms with Crippen LogP contribution in [0.15, 0.2) is 84.9 Å². The Labute approximate surface area is 255 Å². The molecule has 10 heteroatoms. The Kier molecular flexibility index (Phi) is 9.77. The van der Waals surface area contributed by atoms with Crippen molar-refractivity contribution in [1.82, 2.24) is 5.32 Å². The van der Waals surface area contributed by atoms with Crippen LogP contribution in [-0.2, 0) is 0 Å². The molecule has 4 aromatic rings. The minimum absolute atomic E-state index is 0.147. The summed E-state index contributed by atoms with van der Waals surface area (Å²) >= 11 is 6.10. The van der Waals surface area contributed by atoms with E-state index in [1.165, 1.54) is 26.4 Å². The molecule has 4 rings (SSSR count). The third kappa shape index (κ3) is 8.17. The van der Waals surface area contributed by atoms with E-state index in [1.807, 2.05) is 20.8 Å². The van der Waals surface area contributed by atoms with Gasteiger partial charge < -0.3 is 30.2 Å². The summed E-state index contributed by atoms with van der Waals surface area (Å²) < 4.78 is 31.9. The molecular weight excluding hydrogens is 573 g/mol. The second-order valence-corrected chi connectivity index (χ2v) is 11.1. The molecule has 0 bridgehead atoms. The van der Waals surface area contributed by atoms with Crippen molar-refractivity contribution >= 4 is 34.9 Å². The maximum atomic E-state index is 15.0. The van der Waals surface area contributed by atoms with E-state index in [-0.39, 0.29) is 16.9 Å². The van der Waals surface area contributed by atoms with Gasteiger partial charge in [0, 0.05) is 33.6 Å². The number of benzene rings is 4. The van der Waals surface area contributed by atoms with Crippen molar-refractivity contribution in [1.29, 1.82) is 0 Å². The summed E-state index contributed by atoms with van der Waals surface area (Å²) in [5.41, 5.74) is 1.30. The topological polar surface area (TPSA) is 97.9 Å². The van der Waals surface area contributed by atoms with Gasteiger partial charge in [-0.1, -0.05) is 41.9 Å². The largest absolute Gasteiger partial charge is 0.493 e. The average molecular weight is 606 g/mol. The maximum absolute atomic E-state index is 15.0. The predicted molar refractivity (Wildman–Crippen MR) is 166 cm³/mol. The smallest absolute Gasteiger partial charge is 0.323 e. The molecule has 0 heterocycles. The Morgan fingerprint density at radius 1 is 0.791 bits per heavy atom. The summed E-state index contributed by atoms with van der Waals surface area (Å²) in [5.74, 6) is 0.262. The van der Waals surface area contributed by atoms with E-state index in [0.29, 0.717) is 33.5 Å². The highest BCUT2D eigenvalue weighted by Gasteiger charge is 2.25. The first-order chi connectivity index (χ1) is 20.5. The molecule has 0 saturated carbocycles. The Morgan fingerprint density at radius 3 is 2.00 bits per heavy atom. The van der Waals surface area contributed by atoms with Crippen molar-refractivity contribution < 1.29 is 28.2 Å². The Balaban J connectivity index is 1.67. The lowest BCUT2D eigenvalue weighted by molar-refractivity contribution is 0.0913. The molecule has 224 valence electrons. The molecule has 4 aromatic carbocycles. The number of urea groups is 1. The molecule has 1 unspecified atom stereocenters. The summed E-state index contributed by atoms with van der Waals surface area (Å²) in [6.07, 6.45) is -0.896. The zero-order valence-corrected chi connectivity index (χ0v) is 25.2. The highest BCUT2D eigenvalue weighted by molar-refractivity contribution is 6.30. The van der Waals surface area contributed by atoms with Crippen LogP contribution in [0.1, 0.15) is 48.4 Å². The minimum atomic E-state index is -0.896. The number of carbonyl (C=O) groups is 2. The molecule has 0 saturated heterocycles. The highest BCUT2D eigenvalue weighted by atomic mass is 35.5. The second-order valence-electron chi connectivity index (χ2n) is 10.6. The number of rotatable bonds is 9. The van der Waals surface area contributed by atoms with Crippen LogP contribution in [-0.4, -0.2) is 31.7 Å². The maximum Gasteiger partial charge on any atom is 0.323 e. The van der Waals surface area contributed by atoms with Gasteiger partial charge in [-0.2, -0.15) is 0 Å². The fourth-order valence-corrected chi connectivity index (χ4v) is 4.39. The van der Waals surface area contributed by atoms with Gasteiger partial charge in [-0.3, -0.25) is 4.79 Å². The number of methoxy groups -OCH3 is 2. The van der Waals surface area contributed by atoms with Crippen LogP contribution in [0.2, 0.25) is 5.02 Å². The van der Waals surface area contributed by atoms with Crippen molar-refractivity contribution in [2.24, 2.45) is 0 Å². The molecule has 3 N–H and O–H groups in total. The lowest BCUT2D eigenvalue weighted by Gasteiger charge is -2.25. The Morgan fingerprint density at radius 2 is 1.40 bits per heavy atom. The van der Waals surface area contributed by atoms with Gasteiger partial charge in [0.25, 0.3) is 5.91 Å². The fourth-order valence-electron chi connectivity index (χ4n) is 4.27. The number of amides is 3. The SMILES string of the molecule is COc1ccc(NC(=O)Nc2ccc(OC(c3ccc(Cl)cc3)c3ccccc3F)c(C(=O)NC(C)(C)C)c2)cc1OC. The average Bonchev–Trinajstić information content (AvgIpc) is 2.96. The quantitative estimate of drug-likeness (QED) is 0.181. The number of ether oxygens (including phenoxy) is 3. The van der Waals surface area contributed by atoms with Gasteiger partial charge in [0.15, 0.2) is 17.6 Å². The van der Waals surface area contributed by atoms with Gasteiger partial charge in [0.05, 0.1) is 19.8 Å². The number of hydrogen-bond acceptors (Lipinski definition) is 5. The molecule has 1 atom stereocenters. The molecule has 3 amide bonds. The number of hydrogen-bond donors (Lipinski definition) is 3. The fraction of sp³-hybridized carbons (Fsp3) is 0.212. The standard InChI is InChI=1S/C33H33ClFN3O5/c1-33(2,3)38-31(39)25-18-22(36-32(40)37-23-15-17-28(41-4)29(19-23)42-5)14-16-27(25)43-30(20-10-12-21(34)13-11-20)24-8-6-7-9-26(24)35/h6-19,30H,1-5H3,(H,38,39)(H2,36,37,40). The van der Waals surface area contributed by atoms with Crippen LogP contribution in [0.3, 0.4) is 0 Å². The van der Waals surface area contributed by atoms with Gasteiger partial charge in [-0.05, 0) is 74.9 Å². The monoisotopic (exact) mass is 605 g/mol. The third-order valence-electron chi connectivity index (χ3n) is 6.22. The normalized spacial score (nSPS) is 11.7. The summed E-state index contributed by atoms with van der Waals surface area (Å²) in [4.78, 5) is 26.3. The molecule has 0 aromatic heterocycles. The van der Waals surface area contributed by atoms with Gasteiger partial charge >= 0.3 is 6.03 Å². The van der Waals surface area contributed by atoms with Crippen molar-refractivity contribution in [3.8, 4) is 17.2 Å². The molecule has 0 spiro atoms. The predicted octanol–water partition coefficient (Wildman–Crippen LogP) is 7.84. The Bertz CT molecular complexity index is 1610. The van der Waals surface area contributed by atoms with Gasteiger partial charge in [-0.25, -0.2) is 9.18 Å². The lowest BCUT2D eigenvalue weighted by Crippen LogP contribution is -2.40. The van der Waals surface area contributed by atoms with Crippen LogP contribution in [0.5, 0.6) is 17.2 Å². The van der Waals surface area contributed by atoms with Crippen LogP contribution in [0, 0.1) is 5.82 Å². The van der Waals surface area contributed by atoms with E-state index in [2.05, 4.69) is 16.0 Å². The van der Waals surface area contributed by atoms with Crippen LogP contribution in [0.4, 0.5) is 20.6 Å². The molecule has 0 fully saturated rings. The van der Waals surface area contributed by atoms with Gasteiger partial charge in [-0.15, -0.1) is 0 Å². The van der Waals surface area contributed by atoms with Crippen molar-refractivity contribution in [2.75, 3.05) is 24.9 Å². The van der Waals surface area contributed by atoms with Crippen molar-refractivity contribution in [3.63, 3.8) is 0 Å². The molecule has 8 nitrogen and oxygen atoms in total.